The third kappa shape index (κ3) is 3.28. The molecule has 4 aromatic carbocycles. The van der Waals surface area contributed by atoms with Crippen LogP contribution in [0.1, 0.15) is 58.6 Å². The maximum Gasteiger partial charge on any atom is 0.219 e. The van der Waals surface area contributed by atoms with Crippen molar-refractivity contribution < 1.29 is 14.4 Å². The smallest absolute Gasteiger partial charge is 0.219 e. The van der Waals surface area contributed by atoms with Gasteiger partial charge in [0.1, 0.15) is 5.54 Å². The summed E-state index contributed by atoms with van der Waals surface area (Å²) in [5.74, 6) is -1.01. The van der Waals surface area contributed by atoms with E-state index in [0.717, 1.165) is 39.5 Å². The Morgan fingerprint density at radius 3 is 2.30 bits per heavy atom. The van der Waals surface area contributed by atoms with E-state index in [0.29, 0.717) is 18.4 Å². The van der Waals surface area contributed by atoms with Crippen molar-refractivity contribution in [3.8, 4) is 0 Å². The number of rotatable bonds is 4. The lowest BCUT2D eigenvalue weighted by Gasteiger charge is -2.47. The van der Waals surface area contributed by atoms with Crippen LogP contribution in [0.2, 0.25) is 0 Å². The number of allylic oxidation sites excluding steroid dienone is 1. The maximum absolute atomic E-state index is 15.2. The van der Waals surface area contributed by atoms with E-state index in [9.17, 15) is 9.59 Å². The van der Waals surface area contributed by atoms with Gasteiger partial charge < -0.3 is 5.73 Å². The first-order chi connectivity index (χ1) is 19.5. The fraction of sp³-hybridized carbons (Fsp3) is 0.229. The molecule has 7 rings (SSSR count). The molecule has 1 saturated carbocycles. The number of hydrogen-bond donors (Lipinski definition) is 2. The number of amides is 1. The van der Waals surface area contributed by atoms with Gasteiger partial charge in [-0.15, -0.1) is 0 Å². The molecule has 198 valence electrons. The van der Waals surface area contributed by atoms with E-state index in [2.05, 4.69) is 5.32 Å². The summed E-state index contributed by atoms with van der Waals surface area (Å²) in [7, 11) is 0. The molecule has 3 N–H and O–H groups in total. The molecule has 4 aromatic rings. The molecule has 0 aromatic heterocycles. The fourth-order valence-corrected chi connectivity index (χ4v) is 8.00. The molecule has 1 heterocycles. The molecule has 2 spiro atoms. The third-order valence-corrected chi connectivity index (χ3v) is 9.33. The van der Waals surface area contributed by atoms with Crippen molar-refractivity contribution in [2.24, 2.45) is 11.1 Å². The van der Waals surface area contributed by atoms with Crippen molar-refractivity contribution in [1.29, 1.82) is 0 Å². The zero-order chi connectivity index (χ0) is 27.5. The van der Waals surface area contributed by atoms with E-state index in [1.807, 2.05) is 103 Å². The Morgan fingerprint density at radius 1 is 0.875 bits per heavy atom. The third-order valence-electron chi connectivity index (χ3n) is 9.33. The predicted octanol–water partition coefficient (Wildman–Crippen LogP) is 5.69. The van der Waals surface area contributed by atoms with Crippen LogP contribution in [0.3, 0.4) is 0 Å². The topological polar surface area (TPSA) is 89.3 Å². The minimum Gasteiger partial charge on any atom is -0.370 e. The van der Waals surface area contributed by atoms with E-state index in [1.54, 1.807) is 0 Å². The Kier molecular flexibility index (Phi) is 5.62. The van der Waals surface area contributed by atoms with Gasteiger partial charge in [-0.05, 0) is 58.4 Å². The first kappa shape index (κ1) is 24.7. The number of nitrogens with one attached hydrogen (secondary N) is 1. The van der Waals surface area contributed by atoms with Crippen LogP contribution in [-0.2, 0) is 15.1 Å². The van der Waals surface area contributed by atoms with Crippen LogP contribution in [0, 0.1) is 5.41 Å². The van der Waals surface area contributed by atoms with E-state index in [4.69, 9.17) is 5.73 Å². The Hall–Kier alpha value is -4.35. The summed E-state index contributed by atoms with van der Waals surface area (Å²) in [4.78, 5) is 42.5. The van der Waals surface area contributed by atoms with Gasteiger partial charge in [-0.2, -0.15) is 0 Å². The van der Waals surface area contributed by atoms with Gasteiger partial charge in [-0.25, -0.2) is 0 Å². The average molecular weight is 527 g/mol. The van der Waals surface area contributed by atoms with Gasteiger partial charge in [0.05, 0.1) is 5.41 Å². The molecular formula is C35H30N2O3. The molecule has 4 atom stereocenters. The van der Waals surface area contributed by atoms with Crippen LogP contribution in [0.15, 0.2) is 103 Å². The molecule has 0 radical (unpaired) electrons. The van der Waals surface area contributed by atoms with Crippen molar-refractivity contribution >= 4 is 34.3 Å². The molecule has 1 amide bonds. The van der Waals surface area contributed by atoms with Crippen LogP contribution in [0.5, 0.6) is 0 Å². The summed E-state index contributed by atoms with van der Waals surface area (Å²) in [5, 5.41) is 5.54. The summed E-state index contributed by atoms with van der Waals surface area (Å²) >= 11 is 0. The lowest BCUT2D eigenvalue weighted by Crippen LogP contribution is -2.59. The molecule has 5 heteroatoms. The fourth-order valence-electron chi connectivity index (χ4n) is 8.00. The number of nitrogens with two attached hydrogens (primary N) is 1. The molecule has 40 heavy (non-hydrogen) atoms. The summed E-state index contributed by atoms with van der Waals surface area (Å²) in [6.45, 7) is 0. The monoisotopic (exact) mass is 526 g/mol. The molecular weight excluding hydrogens is 496 g/mol. The Bertz CT molecular complexity index is 1710. The number of fused-ring (bicyclic) bond motifs is 2. The van der Waals surface area contributed by atoms with Crippen molar-refractivity contribution in [3.63, 3.8) is 0 Å². The van der Waals surface area contributed by atoms with Crippen molar-refractivity contribution in [2.75, 3.05) is 0 Å². The maximum atomic E-state index is 15.2. The van der Waals surface area contributed by atoms with E-state index in [-0.39, 0.29) is 18.0 Å². The number of carbonyl (C=O) groups excluding carboxylic acids is 3. The number of benzene rings is 4. The SMILES string of the molecule is NC(=O)CC1N[C@@]2(C(=O)c3cccc4cccc2c34)[C@@]2(CCC/C(=C\c3ccccc3)C2=O)[C@H]1c1ccccc1. The predicted molar refractivity (Wildman–Crippen MR) is 156 cm³/mol. The zero-order valence-electron chi connectivity index (χ0n) is 22.1. The number of Topliss-reactive ketones (excluding diaryl/α,β-unsaturated/α-hetero) is 2. The second-order valence-electron chi connectivity index (χ2n) is 11.3. The minimum absolute atomic E-state index is 0.0194. The van der Waals surface area contributed by atoms with E-state index < -0.39 is 28.8 Å². The number of ketones is 2. The zero-order valence-corrected chi connectivity index (χ0v) is 22.1. The van der Waals surface area contributed by atoms with Gasteiger partial charge in [0.25, 0.3) is 0 Å². The summed E-state index contributed by atoms with van der Waals surface area (Å²) in [6.07, 6.45) is 3.91. The van der Waals surface area contributed by atoms with Crippen LogP contribution >= 0.6 is 0 Å². The molecule has 1 saturated heterocycles. The highest BCUT2D eigenvalue weighted by atomic mass is 16.1. The molecule has 1 aliphatic heterocycles. The van der Waals surface area contributed by atoms with E-state index >= 15 is 4.79 Å². The molecule has 3 aliphatic rings. The van der Waals surface area contributed by atoms with Gasteiger partial charge in [0.15, 0.2) is 11.6 Å². The summed E-state index contributed by atoms with van der Waals surface area (Å²) in [6, 6.07) is 31.0. The van der Waals surface area contributed by atoms with Crippen molar-refractivity contribution in [3.05, 3.63) is 125 Å². The molecule has 1 unspecified atom stereocenters. The molecule has 2 fully saturated rings. The number of primary amides is 1. The van der Waals surface area contributed by atoms with Gasteiger partial charge in [0, 0.05) is 23.9 Å². The van der Waals surface area contributed by atoms with Crippen molar-refractivity contribution in [2.45, 2.75) is 43.2 Å². The van der Waals surface area contributed by atoms with Crippen LogP contribution in [-0.4, -0.2) is 23.5 Å². The van der Waals surface area contributed by atoms with Crippen molar-refractivity contribution in [1.82, 2.24) is 5.32 Å². The average Bonchev–Trinajstić information content (AvgIpc) is 3.38. The van der Waals surface area contributed by atoms with Crippen LogP contribution in [0.25, 0.3) is 16.8 Å². The summed E-state index contributed by atoms with van der Waals surface area (Å²) < 4.78 is 0. The van der Waals surface area contributed by atoms with Gasteiger partial charge in [-0.3, -0.25) is 19.7 Å². The quantitative estimate of drug-likeness (QED) is 0.335. The second kappa shape index (κ2) is 9.10. The first-order valence-corrected chi connectivity index (χ1v) is 14.0. The van der Waals surface area contributed by atoms with Gasteiger partial charge in [-0.1, -0.05) is 97.1 Å². The lowest BCUT2D eigenvalue weighted by atomic mass is 9.52. The molecule has 2 aliphatic carbocycles. The highest BCUT2D eigenvalue weighted by Crippen LogP contribution is 2.66. The Balaban J connectivity index is 1.54. The molecule has 5 nitrogen and oxygen atoms in total. The highest BCUT2D eigenvalue weighted by molar-refractivity contribution is 6.24. The normalized spacial score (nSPS) is 28.2. The number of hydrogen-bond acceptors (Lipinski definition) is 4. The van der Waals surface area contributed by atoms with Crippen LogP contribution in [0.4, 0.5) is 0 Å². The second-order valence-corrected chi connectivity index (χ2v) is 11.3. The Morgan fingerprint density at radius 2 is 1.57 bits per heavy atom. The lowest BCUT2D eigenvalue weighted by molar-refractivity contribution is -0.130. The highest BCUT2D eigenvalue weighted by Gasteiger charge is 2.73. The largest absolute Gasteiger partial charge is 0.370 e. The Labute approximate surface area is 233 Å². The van der Waals surface area contributed by atoms with Crippen LogP contribution < -0.4 is 11.1 Å². The van der Waals surface area contributed by atoms with Gasteiger partial charge in [0.2, 0.25) is 5.91 Å². The van der Waals surface area contributed by atoms with E-state index in [1.165, 1.54) is 0 Å². The standard InChI is InChI=1S/C35H30N2O3/c36-29(38)21-28-31(24-12-5-2-6-13-24)34(19-9-16-25(32(34)39)20-22-10-3-1-4-11-22)35(37-28)27-18-8-15-23-14-7-17-26(30(23)27)33(35)40/h1-8,10-15,17-18,20,28,31,37H,9,16,19,21H2,(H2,36,38)/b25-20+/t28?,31-,34-,35-/m0/s1. The first-order valence-electron chi connectivity index (χ1n) is 14.0. The van der Waals surface area contributed by atoms with Gasteiger partial charge >= 0.3 is 0 Å². The summed E-state index contributed by atoms with van der Waals surface area (Å²) in [5.41, 5.74) is 7.42. The minimum atomic E-state index is -1.32. The number of carbonyl (C=O) groups is 3. The molecule has 0 bridgehead atoms.